The van der Waals surface area contributed by atoms with E-state index in [-0.39, 0.29) is 10.8 Å². The molecule has 0 saturated carbocycles. The first-order chi connectivity index (χ1) is 14.9. The zero-order valence-corrected chi connectivity index (χ0v) is 22.5. The van der Waals surface area contributed by atoms with Gasteiger partial charge < -0.3 is 9.42 Å². The topological polar surface area (TPSA) is 28.1 Å². The maximum absolute atomic E-state index is 6.90. The fraction of sp³-hybridized carbons (Fsp3) is 0.519. The fourth-order valence-corrected chi connectivity index (χ4v) is 5.74. The van der Waals surface area contributed by atoms with Crippen LogP contribution in [0.15, 0.2) is 41.4 Å². The Morgan fingerprint density at radius 2 is 1.47 bits per heavy atom. The molecule has 1 unspecified atom stereocenters. The summed E-state index contributed by atoms with van der Waals surface area (Å²) in [5, 5.41) is 0. The summed E-state index contributed by atoms with van der Waals surface area (Å²) in [5.74, 6) is 0.956. The SMILES string of the molecule is CCN(CC)P1Oc2c(cc(C(C)(C)C)cc2C(C)(C)C)N=C1c1ccc(N(C)C)cc1. The van der Waals surface area contributed by atoms with Gasteiger partial charge in [-0.15, -0.1) is 0 Å². The number of hydrogen-bond acceptors (Lipinski definition) is 4. The molecule has 2 aromatic carbocycles. The quantitative estimate of drug-likeness (QED) is 0.440. The van der Waals surface area contributed by atoms with Gasteiger partial charge in [0.25, 0.3) is 0 Å². The Bertz CT molecular complexity index is 978. The van der Waals surface area contributed by atoms with E-state index < -0.39 is 8.30 Å². The molecular weight excluding hydrogens is 413 g/mol. The largest absolute Gasteiger partial charge is 0.450 e. The lowest BCUT2D eigenvalue weighted by molar-refractivity contribution is 0.446. The minimum absolute atomic E-state index is 0.0318. The van der Waals surface area contributed by atoms with Crippen LogP contribution in [0.1, 0.15) is 72.1 Å². The van der Waals surface area contributed by atoms with Crippen LogP contribution >= 0.6 is 8.30 Å². The number of anilines is 1. The standard InChI is InChI=1S/C27H40N3OP/c1-11-30(12-2)32-25(19-13-15-21(16-14-19)29(9)10)28-23-18-20(26(3,4)5)17-22(24(23)31-32)27(6,7)8/h13-18H,11-12H2,1-10H3. The van der Waals surface area contributed by atoms with Crippen LogP contribution in [0, 0.1) is 0 Å². The third-order valence-electron chi connectivity index (χ3n) is 5.96. The molecule has 3 rings (SSSR count). The lowest BCUT2D eigenvalue weighted by Gasteiger charge is -2.36. The highest BCUT2D eigenvalue weighted by molar-refractivity contribution is 7.70. The van der Waals surface area contributed by atoms with E-state index in [0.717, 1.165) is 35.5 Å². The van der Waals surface area contributed by atoms with E-state index in [4.69, 9.17) is 9.52 Å². The average Bonchev–Trinajstić information content (AvgIpc) is 2.72. The molecule has 1 atom stereocenters. The number of aliphatic imine (C=N–C) groups is 1. The summed E-state index contributed by atoms with van der Waals surface area (Å²) >= 11 is 0. The van der Waals surface area contributed by atoms with Crippen LogP contribution in [0.3, 0.4) is 0 Å². The van der Waals surface area contributed by atoms with Gasteiger partial charge in [-0.3, -0.25) is 0 Å². The summed E-state index contributed by atoms with van der Waals surface area (Å²) in [5.41, 5.74) is 6.87. The summed E-state index contributed by atoms with van der Waals surface area (Å²) in [6.45, 7) is 19.8. The van der Waals surface area contributed by atoms with Crippen LogP contribution in [-0.2, 0) is 10.8 Å². The van der Waals surface area contributed by atoms with Crippen molar-refractivity contribution in [2.75, 3.05) is 32.1 Å². The first-order valence-corrected chi connectivity index (χ1v) is 12.9. The molecule has 0 spiro atoms. The number of benzene rings is 2. The maximum atomic E-state index is 6.90. The Balaban J connectivity index is 2.25. The molecule has 174 valence electrons. The predicted octanol–water partition coefficient (Wildman–Crippen LogP) is 7.47. The van der Waals surface area contributed by atoms with Crippen molar-refractivity contribution in [3.63, 3.8) is 0 Å². The summed E-state index contributed by atoms with van der Waals surface area (Å²) in [4.78, 5) is 7.42. The van der Waals surface area contributed by atoms with Crippen LogP contribution in [0.5, 0.6) is 5.75 Å². The third-order valence-corrected chi connectivity index (χ3v) is 8.11. The number of hydrogen-bond donors (Lipinski definition) is 0. The molecule has 2 aromatic rings. The summed E-state index contributed by atoms with van der Waals surface area (Å²) in [6, 6.07) is 13.2. The van der Waals surface area contributed by atoms with Crippen LogP contribution in [0.4, 0.5) is 11.4 Å². The molecule has 0 aromatic heterocycles. The van der Waals surface area contributed by atoms with Gasteiger partial charge in [-0.05, 0) is 34.6 Å². The van der Waals surface area contributed by atoms with Crippen molar-refractivity contribution >= 4 is 25.1 Å². The molecule has 0 amide bonds. The maximum Gasteiger partial charge on any atom is 0.216 e. The minimum Gasteiger partial charge on any atom is -0.450 e. The van der Waals surface area contributed by atoms with Gasteiger partial charge in [-0.2, -0.15) is 0 Å². The van der Waals surface area contributed by atoms with E-state index in [9.17, 15) is 0 Å². The monoisotopic (exact) mass is 453 g/mol. The number of fused-ring (bicyclic) bond motifs is 1. The molecule has 0 fully saturated rings. The van der Waals surface area contributed by atoms with Crippen LogP contribution < -0.4 is 9.42 Å². The van der Waals surface area contributed by atoms with Crippen LogP contribution in [0.2, 0.25) is 0 Å². The molecule has 0 saturated heterocycles. The zero-order chi connectivity index (χ0) is 23.8. The second-order valence-corrected chi connectivity index (χ2v) is 12.5. The molecule has 0 bridgehead atoms. The molecule has 1 aliphatic heterocycles. The van der Waals surface area contributed by atoms with Gasteiger partial charge in [0.2, 0.25) is 8.30 Å². The molecule has 32 heavy (non-hydrogen) atoms. The minimum atomic E-state index is -1.02. The van der Waals surface area contributed by atoms with Gasteiger partial charge in [0.1, 0.15) is 11.1 Å². The second kappa shape index (κ2) is 9.15. The second-order valence-electron chi connectivity index (χ2n) is 10.8. The average molecular weight is 454 g/mol. The smallest absolute Gasteiger partial charge is 0.216 e. The van der Waals surface area contributed by atoms with E-state index in [0.29, 0.717) is 0 Å². The summed E-state index contributed by atoms with van der Waals surface area (Å²) in [6.07, 6.45) is 0. The third kappa shape index (κ3) is 5.02. The Hall–Kier alpha value is -1.90. The van der Waals surface area contributed by atoms with Gasteiger partial charge in [0, 0.05) is 44.0 Å². The zero-order valence-electron chi connectivity index (χ0n) is 21.6. The lowest BCUT2D eigenvalue weighted by Crippen LogP contribution is -2.27. The highest BCUT2D eigenvalue weighted by Crippen LogP contribution is 2.56. The van der Waals surface area contributed by atoms with E-state index in [1.165, 1.54) is 16.8 Å². The molecule has 4 nitrogen and oxygen atoms in total. The first-order valence-electron chi connectivity index (χ1n) is 11.6. The number of rotatable bonds is 5. The van der Waals surface area contributed by atoms with E-state index in [1.54, 1.807) is 0 Å². The molecule has 0 aliphatic carbocycles. The van der Waals surface area contributed by atoms with Crippen molar-refractivity contribution in [1.29, 1.82) is 0 Å². The highest BCUT2D eigenvalue weighted by Gasteiger charge is 2.35. The van der Waals surface area contributed by atoms with Gasteiger partial charge >= 0.3 is 0 Å². The van der Waals surface area contributed by atoms with Crippen LogP contribution in [0.25, 0.3) is 0 Å². The van der Waals surface area contributed by atoms with Crippen molar-refractivity contribution < 1.29 is 4.52 Å². The van der Waals surface area contributed by atoms with E-state index in [1.807, 2.05) is 0 Å². The predicted molar refractivity (Wildman–Crippen MR) is 141 cm³/mol. The Kier molecular flexibility index (Phi) is 7.08. The lowest BCUT2D eigenvalue weighted by atomic mass is 9.80. The van der Waals surface area contributed by atoms with Crippen molar-refractivity contribution in [2.45, 2.75) is 66.2 Å². The molecular formula is C27H40N3OP. The first kappa shape index (κ1) is 24.7. The van der Waals surface area contributed by atoms with Gasteiger partial charge in [-0.1, -0.05) is 73.6 Å². The Morgan fingerprint density at radius 3 is 1.94 bits per heavy atom. The van der Waals surface area contributed by atoms with Crippen molar-refractivity contribution in [1.82, 2.24) is 4.67 Å². The Morgan fingerprint density at radius 1 is 0.875 bits per heavy atom. The summed E-state index contributed by atoms with van der Waals surface area (Å²) < 4.78 is 9.30. The van der Waals surface area contributed by atoms with Crippen molar-refractivity contribution in [3.8, 4) is 5.75 Å². The molecule has 1 aliphatic rings. The molecule has 1 heterocycles. The summed E-state index contributed by atoms with van der Waals surface area (Å²) in [7, 11) is 3.12. The fourth-order valence-electron chi connectivity index (χ4n) is 3.83. The van der Waals surface area contributed by atoms with Gasteiger partial charge in [-0.25, -0.2) is 9.66 Å². The Labute approximate surface area is 196 Å². The van der Waals surface area contributed by atoms with Crippen molar-refractivity contribution in [3.05, 3.63) is 53.1 Å². The number of nitrogens with zero attached hydrogens (tertiary/aromatic N) is 3. The van der Waals surface area contributed by atoms with E-state index in [2.05, 4.69) is 115 Å². The molecule has 5 heteroatoms. The van der Waals surface area contributed by atoms with Gasteiger partial charge in [0.05, 0.1) is 0 Å². The van der Waals surface area contributed by atoms with E-state index >= 15 is 0 Å². The van der Waals surface area contributed by atoms with Crippen molar-refractivity contribution in [2.24, 2.45) is 4.99 Å². The normalized spacial score (nSPS) is 16.5. The molecule has 0 N–H and O–H groups in total. The van der Waals surface area contributed by atoms with Crippen LogP contribution in [-0.4, -0.2) is 37.3 Å². The highest BCUT2D eigenvalue weighted by atomic mass is 31.2. The van der Waals surface area contributed by atoms with Gasteiger partial charge in [0.15, 0.2) is 5.75 Å². The molecule has 0 radical (unpaired) electrons.